The Morgan fingerprint density at radius 3 is 2.15 bits per heavy atom. The van der Waals surface area contributed by atoms with Crippen LogP contribution in [0.15, 0.2) is 18.2 Å². The van der Waals surface area contributed by atoms with Crippen LogP contribution in [0.2, 0.25) is 0 Å². The van der Waals surface area contributed by atoms with Gasteiger partial charge in [-0.05, 0) is 25.0 Å². The molecule has 0 spiro atoms. The van der Waals surface area contributed by atoms with Gasteiger partial charge in [0.1, 0.15) is 17.1 Å². The number of ether oxygens (including phenoxy) is 2. The van der Waals surface area contributed by atoms with Crippen LogP contribution in [0.4, 0.5) is 0 Å². The van der Waals surface area contributed by atoms with Crippen LogP contribution in [0.1, 0.15) is 23.2 Å². The van der Waals surface area contributed by atoms with Crippen LogP contribution in [0.25, 0.3) is 0 Å². The van der Waals surface area contributed by atoms with E-state index in [9.17, 15) is 14.4 Å². The van der Waals surface area contributed by atoms with E-state index < -0.39 is 11.7 Å². The zero-order chi connectivity index (χ0) is 19.4. The number of rotatable bonds is 7. The van der Waals surface area contributed by atoms with Crippen molar-refractivity contribution in [2.45, 2.75) is 18.9 Å². The standard InChI is InChI=1S/C19H25N3O5/c1-26-14-4-3-5-15(27-2)17(14)18(24)19(25)20-12-16(23)22-10-8-21(9-11-22)13-6-7-13/h3-5,13H,6-12H2,1-2H3,(H,20,25). The third-order valence-electron chi connectivity index (χ3n) is 4.99. The first-order chi connectivity index (χ1) is 13.0. The molecule has 3 rings (SSSR count). The first kappa shape index (κ1) is 19.2. The van der Waals surface area contributed by atoms with Gasteiger partial charge in [-0.25, -0.2) is 0 Å². The van der Waals surface area contributed by atoms with Crippen LogP contribution in [-0.2, 0) is 9.59 Å². The van der Waals surface area contributed by atoms with Gasteiger partial charge in [-0.15, -0.1) is 0 Å². The second-order valence-corrected chi connectivity index (χ2v) is 6.70. The molecule has 146 valence electrons. The van der Waals surface area contributed by atoms with E-state index in [1.54, 1.807) is 23.1 Å². The van der Waals surface area contributed by atoms with E-state index in [0.717, 1.165) is 13.1 Å². The molecule has 2 fully saturated rings. The van der Waals surface area contributed by atoms with Gasteiger partial charge in [-0.3, -0.25) is 19.3 Å². The average molecular weight is 375 g/mol. The van der Waals surface area contributed by atoms with Crippen molar-refractivity contribution in [3.63, 3.8) is 0 Å². The smallest absolute Gasteiger partial charge is 0.293 e. The Morgan fingerprint density at radius 1 is 1.04 bits per heavy atom. The number of piperazine rings is 1. The van der Waals surface area contributed by atoms with Gasteiger partial charge in [0.05, 0.1) is 20.8 Å². The van der Waals surface area contributed by atoms with Crippen molar-refractivity contribution in [1.29, 1.82) is 0 Å². The molecule has 2 amide bonds. The number of carbonyl (C=O) groups is 3. The average Bonchev–Trinajstić information content (AvgIpc) is 3.56. The minimum absolute atomic E-state index is 0.0468. The van der Waals surface area contributed by atoms with E-state index in [4.69, 9.17) is 9.47 Å². The minimum Gasteiger partial charge on any atom is -0.496 e. The zero-order valence-corrected chi connectivity index (χ0v) is 15.7. The lowest BCUT2D eigenvalue weighted by Crippen LogP contribution is -2.52. The molecule has 8 nitrogen and oxygen atoms in total. The summed E-state index contributed by atoms with van der Waals surface area (Å²) in [6, 6.07) is 5.51. The van der Waals surface area contributed by atoms with Gasteiger partial charge in [-0.2, -0.15) is 0 Å². The number of amides is 2. The maximum absolute atomic E-state index is 12.5. The van der Waals surface area contributed by atoms with E-state index in [2.05, 4.69) is 10.2 Å². The first-order valence-electron chi connectivity index (χ1n) is 9.10. The number of benzene rings is 1. The van der Waals surface area contributed by atoms with Gasteiger partial charge in [0.15, 0.2) is 0 Å². The van der Waals surface area contributed by atoms with Crippen molar-refractivity contribution in [3.05, 3.63) is 23.8 Å². The molecule has 1 saturated heterocycles. The summed E-state index contributed by atoms with van der Waals surface area (Å²) in [7, 11) is 2.82. The number of nitrogens with zero attached hydrogens (tertiary/aromatic N) is 2. The fourth-order valence-corrected chi connectivity index (χ4v) is 3.31. The highest BCUT2D eigenvalue weighted by atomic mass is 16.5. The maximum Gasteiger partial charge on any atom is 0.293 e. The number of Topliss-reactive ketones (excluding diaryl/α,β-unsaturated/α-hetero) is 1. The Balaban J connectivity index is 1.54. The lowest BCUT2D eigenvalue weighted by Gasteiger charge is -2.34. The summed E-state index contributed by atoms with van der Waals surface area (Å²) < 4.78 is 10.3. The third-order valence-corrected chi connectivity index (χ3v) is 4.99. The highest BCUT2D eigenvalue weighted by Crippen LogP contribution is 2.29. The molecule has 1 aliphatic carbocycles. The van der Waals surface area contributed by atoms with Gasteiger partial charge in [-0.1, -0.05) is 6.07 Å². The van der Waals surface area contributed by atoms with E-state index in [-0.39, 0.29) is 29.5 Å². The monoisotopic (exact) mass is 375 g/mol. The largest absolute Gasteiger partial charge is 0.496 e. The predicted molar refractivity (Wildman–Crippen MR) is 98.1 cm³/mol. The first-order valence-corrected chi connectivity index (χ1v) is 9.10. The quantitative estimate of drug-likeness (QED) is 0.545. The van der Waals surface area contributed by atoms with Crippen molar-refractivity contribution in [1.82, 2.24) is 15.1 Å². The molecule has 1 saturated carbocycles. The lowest BCUT2D eigenvalue weighted by atomic mass is 10.1. The molecule has 1 aliphatic heterocycles. The summed E-state index contributed by atoms with van der Waals surface area (Å²) in [4.78, 5) is 41.2. The fourth-order valence-electron chi connectivity index (χ4n) is 3.31. The molecular formula is C19H25N3O5. The number of hydrogen-bond acceptors (Lipinski definition) is 6. The Hall–Kier alpha value is -2.61. The van der Waals surface area contributed by atoms with E-state index in [1.165, 1.54) is 27.1 Å². The molecule has 1 N–H and O–H groups in total. The summed E-state index contributed by atoms with van der Waals surface area (Å²) in [5.41, 5.74) is 0.0468. The van der Waals surface area contributed by atoms with Gasteiger partial charge in [0, 0.05) is 32.2 Å². The minimum atomic E-state index is -0.859. The van der Waals surface area contributed by atoms with Crippen LogP contribution < -0.4 is 14.8 Å². The van der Waals surface area contributed by atoms with Crippen LogP contribution in [0.5, 0.6) is 11.5 Å². The van der Waals surface area contributed by atoms with Gasteiger partial charge >= 0.3 is 0 Å². The normalized spacial score (nSPS) is 17.3. The van der Waals surface area contributed by atoms with Crippen LogP contribution in [0.3, 0.4) is 0 Å². The van der Waals surface area contributed by atoms with Crippen molar-refractivity contribution in [3.8, 4) is 11.5 Å². The second kappa shape index (κ2) is 8.39. The summed E-state index contributed by atoms with van der Waals surface area (Å²) >= 11 is 0. The van der Waals surface area contributed by atoms with Gasteiger partial charge < -0.3 is 19.7 Å². The third kappa shape index (κ3) is 4.39. The molecule has 0 unspecified atom stereocenters. The van der Waals surface area contributed by atoms with Crippen LogP contribution in [-0.4, -0.2) is 80.4 Å². The molecule has 1 aromatic rings. The summed E-state index contributed by atoms with van der Waals surface area (Å²) in [6.45, 7) is 2.83. The summed E-state index contributed by atoms with van der Waals surface area (Å²) in [6.07, 6.45) is 2.50. The fraction of sp³-hybridized carbons (Fsp3) is 0.526. The number of ketones is 1. The molecule has 8 heteroatoms. The predicted octanol–water partition coefficient (Wildman–Crippen LogP) is 0.309. The van der Waals surface area contributed by atoms with Crippen LogP contribution in [0, 0.1) is 0 Å². The Labute approximate surface area is 158 Å². The molecule has 27 heavy (non-hydrogen) atoms. The van der Waals surface area contributed by atoms with E-state index >= 15 is 0 Å². The Bertz CT molecular complexity index is 702. The van der Waals surface area contributed by atoms with Crippen LogP contribution >= 0.6 is 0 Å². The molecule has 1 heterocycles. The topological polar surface area (TPSA) is 88.2 Å². The second-order valence-electron chi connectivity index (χ2n) is 6.70. The van der Waals surface area contributed by atoms with Gasteiger partial charge in [0.25, 0.3) is 11.7 Å². The van der Waals surface area contributed by atoms with Crippen molar-refractivity contribution >= 4 is 17.6 Å². The van der Waals surface area contributed by atoms with Gasteiger partial charge in [0.2, 0.25) is 5.91 Å². The molecule has 0 atom stereocenters. The molecule has 0 radical (unpaired) electrons. The molecular weight excluding hydrogens is 350 g/mol. The highest BCUT2D eigenvalue weighted by Gasteiger charge is 2.32. The van der Waals surface area contributed by atoms with E-state index in [0.29, 0.717) is 19.1 Å². The number of carbonyl (C=O) groups excluding carboxylic acids is 3. The van der Waals surface area contributed by atoms with Crippen molar-refractivity contribution in [2.24, 2.45) is 0 Å². The number of methoxy groups -OCH3 is 2. The molecule has 1 aromatic carbocycles. The van der Waals surface area contributed by atoms with E-state index in [1.807, 2.05) is 0 Å². The summed E-state index contributed by atoms with van der Waals surface area (Å²) in [5.74, 6) is -1.34. The Kier molecular flexibility index (Phi) is 5.95. The maximum atomic E-state index is 12.5. The zero-order valence-electron chi connectivity index (χ0n) is 15.7. The highest BCUT2D eigenvalue weighted by molar-refractivity contribution is 6.44. The van der Waals surface area contributed by atoms with Crippen molar-refractivity contribution in [2.75, 3.05) is 46.9 Å². The number of nitrogens with one attached hydrogen (secondary N) is 1. The molecule has 0 aromatic heterocycles. The summed E-state index contributed by atoms with van der Waals surface area (Å²) in [5, 5.41) is 2.42. The van der Waals surface area contributed by atoms with Crippen molar-refractivity contribution < 1.29 is 23.9 Å². The molecule has 2 aliphatic rings. The Morgan fingerprint density at radius 2 is 1.63 bits per heavy atom. The number of hydrogen-bond donors (Lipinski definition) is 1. The SMILES string of the molecule is COc1cccc(OC)c1C(=O)C(=O)NCC(=O)N1CCN(C2CC2)CC1. The molecule has 0 bridgehead atoms. The lowest BCUT2D eigenvalue weighted by molar-refractivity contribution is -0.133.